The van der Waals surface area contributed by atoms with Crippen molar-refractivity contribution >= 4 is 0 Å². The third-order valence-corrected chi connectivity index (χ3v) is 6.09. The lowest BCUT2D eigenvalue weighted by molar-refractivity contribution is -0.0702. The summed E-state index contributed by atoms with van der Waals surface area (Å²) >= 11 is 0. The fraction of sp³-hybridized carbons (Fsp3) is 0.348. The van der Waals surface area contributed by atoms with Crippen LogP contribution in [0, 0.1) is 5.82 Å². The zero-order chi connectivity index (χ0) is 20.4. The van der Waals surface area contributed by atoms with Gasteiger partial charge in [-0.05, 0) is 38.2 Å². The van der Waals surface area contributed by atoms with E-state index in [1.54, 1.807) is 12.3 Å². The van der Waals surface area contributed by atoms with E-state index in [9.17, 15) is 9.50 Å². The maximum Gasteiger partial charge on any atom is 0.123 e. The number of aromatic nitrogens is 2. The fourth-order valence-electron chi connectivity index (χ4n) is 4.53. The molecular weight excluding hydrogens is 367 g/mol. The van der Waals surface area contributed by atoms with Crippen molar-refractivity contribution in [3.8, 4) is 11.3 Å². The summed E-state index contributed by atoms with van der Waals surface area (Å²) in [7, 11) is 4.06. The van der Waals surface area contributed by atoms with Crippen molar-refractivity contribution < 1.29 is 9.50 Å². The van der Waals surface area contributed by atoms with Gasteiger partial charge in [-0.15, -0.1) is 0 Å². The van der Waals surface area contributed by atoms with E-state index >= 15 is 0 Å². The summed E-state index contributed by atoms with van der Waals surface area (Å²) in [6, 6.07) is 16.8. The van der Waals surface area contributed by atoms with Crippen LogP contribution >= 0.6 is 0 Å². The molecule has 6 heteroatoms. The quantitative estimate of drug-likeness (QED) is 0.698. The van der Waals surface area contributed by atoms with Gasteiger partial charge >= 0.3 is 0 Å². The molecule has 0 saturated carbocycles. The number of benzene rings is 2. The van der Waals surface area contributed by atoms with Gasteiger partial charge in [0.1, 0.15) is 5.82 Å². The van der Waals surface area contributed by atoms with Crippen LogP contribution < -0.4 is 0 Å². The number of rotatable bonds is 5. The number of halogens is 1. The minimum absolute atomic E-state index is 0.268. The molecule has 1 fully saturated rings. The molecule has 29 heavy (non-hydrogen) atoms. The van der Waals surface area contributed by atoms with Crippen molar-refractivity contribution in [2.24, 2.45) is 0 Å². The molecule has 0 amide bonds. The number of nitrogens with one attached hydrogen (secondary N) is 1. The number of likely N-dealkylation sites (tertiary alicyclic amines) is 1. The molecule has 1 saturated heterocycles. The summed E-state index contributed by atoms with van der Waals surface area (Å²) in [5.74, 6) is -0.268. The summed E-state index contributed by atoms with van der Waals surface area (Å²) < 4.78 is 13.6. The number of β-amino-alcohol motifs (C(OH)–C–C–N with tert-alkyl or cyclic N) is 1. The van der Waals surface area contributed by atoms with E-state index < -0.39 is 11.6 Å². The fourth-order valence-corrected chi connectivity index (χ4v) is 4.53. The highest BCUT2D eigenvalue weighted by Crippen LogP contribution is 2.38. The zero-order valence-electron chi connectivity index (χ0n) is 16.8. The Balaban J connectivity index is 1.54. The number of hydrogen-bond acceptors (Lipinski definition) is 4. The van der Waals surface area contributed by atoms with Crippen molar-refractivity contribution in [2.45, 2.75) is 24.6 Å². The van der Waals surface area contributed by atoms with Gasteiger partial charge in [0.05, 0.1) is 23.5 Å². The van der Waals surface area contributed by atoms with Gasteiger partial charge in [-0.1, -0.05) is 42.5 Å². The molecule has 2 N–H and O–H groups in total. The highest BCUT2D eigenvalue weighted by molar-refractivity contribution is 5.62. The van der Waals surface area contributed by atoms with Crippen LogP contribution in [0.4, 0.5) is 4.39 Å². The predicted octanol–water partition coefficient (Wildman–Crippen LogP) is 3.24. The third-order valence-electron chi connectivity index (χ3n) is 6.09. The molecule has 1 aromatic heterocycles. The average Bonchev–Trinajstić information content (AvgIpc) is 3.17. The van der Waals surface area contributed by atoms with Crippen molar-refractivity contribution in [1.29, 1.82) is 0 Å². The number of H-pyrrole nitrogens is 1. The topological polar surface area (TPSA) is 55.4 Å². The van der Waals surface area contributed by atoms with Crippen molar-refractivity contribution in [3.63, 3.8) is 0 Å². The molecule has 0 spiro atoms. The van der Waals surface area contributed by atoms with E-state index in [2.05, 4.69) is 32.1 Å². The Hall–Kier alpha value is -2.54. The average molecular weight is 394 g/mol. The molecule has 152 valence electrons. The largest absolute Gasteiger partial charge is 0.389 e. The van der Waals surface area contributed by atoms with Crippen LogP contribution in [0.2, 0.25) is 0 Å². The standard InChI is InChI=1S/C23H27FN4O/c1-27(2)23(19-8-4-3-5-9-19)11-12-28(16-21(23)29)15-18-14-25-26-22(18)17-7-6-10-20(24)13-17/h3-10,13-14,21,29H,11-12,15-16H2,1-2H3,(H,25,26)/t21-,23+/m1/s1. The Bertz CT molecular complexity index is 958. The summed E-state index contributed by atoms with van der Waals surface area (Å²) in [5.41, 5.74) is 3.34. The molecule has 2 heterocycles. The summed E-state index contributed by atoms with van der Waals surface area (Å²) in [6.07, 6.45) is 2.08. The van der Waals surface area contributed by atoms with Crippen LogP contribution in [-0.2, 0) is 12.1 Å². The second kappa shape index (κ2) is 8.06. The number of aliphatic hydroxyl groups excluding tert-OH is 1. The monoisotopic (exact) mass is 394 g/mol. The first-order valence-corrected chi connectivity index (χ1v) is 9.92. The lowest BCUT2D eigenvalue weighted by atomic mass is 9.77. The van der Waals surface area contributed by atoms with Gasteiger partial charge in [0, 0.05) is 30.8 Å². The van der Waals surface area contributed by atoms with Gasteiger partial charge in [-0.3, -0.25) is 14.9 Å². The predicted molar refractivity (Wildman–Crippen MR) is 112 cm³/mol. The van der Waals surface area contributed by atoms with Gasteiger partial charge in [0.15, 0.2) is 0 Å². The molecule has 3 aromatic rings. The van der Waals surface area contributed by atoms with Gasteiger partial charge in [-0.2, -0.15) is 5.10 Å². The highest BCUT2D eigenvalue weighted by atomic mass is 19.1. The van der Waals surface area contributed by atoms with Gasteiger partial charge in [-0.25, -0.2) is 4.39 Å². The smallest absolute Gasteiger partial charge is 0.123 e. The summed E-state index contributed by atoms with van der Waals surface area (Å²) in [6.45, 7) is 2.05. The van der Waals surface area contributed by atoms with Crippen LogP contribution in [0.3, 0.4) is 0 Å². The van der Waals surface area contributed by atoms with E-state index in [1.165, 1.54) is 12.1 Å². The number of aromatic amines is 1. The maximum absolute atomic E-state index is 13.6. The number of likely N-dealkylation sites (N-methyl/N-ethyl adjacent to an activating group) is 1. The Morgan fingerprint density at radius 1 is 1.21 bits per heavy atom. The number of nitrogens with zero attached hydrogens (tertiary/aromatic N) is 3. The second-order valence-corrected chi connectivity index (χ2v) is 7.97. The molecular formula is C23H27FN4O. The molecule has 4 rings (SSSR count). The molecule has 1 aliphatic heterocycles. The van der Waals surface area contributed by atoms with Crippen LogP contribution in [0.25, 0.3) is 11.3 Å². The number of hydrogen-bond donors (Lipinski definition) is 2. The molecule has 1 aliphatic rings. The molecule has 2 atom stereocenters. The van der Waals surface area contributed by atoms with Gasteiger partial charge in [0.2, 0.25) is 0 Å². The van der Waals surface area contributed by atoms with E-state index in [1.807, 2.05) is 38.4 Å². The lowest BCUT2D eigenvalue weighted by Gasteiger charge is -2.50. The van der Waals surface area contributed by atoms with Crippen molar-refractivity contribution in [1.82, 2.24) is 20.0 Å². The summed E-state index contributed by atoms with van der Waals surface area (Å²) in [4.78, 5) is 4.38. The number of piperidine rings is 1. The van der Waals surface area contributed by atoms with Crippen LogP contribution in [0.1, 0.15) is 17.5 Å². The first-order valence-electron chi connectivity index (χ1n) is 9.92. The Kier molecular flexibility index (Phi) is 5.50. The normalized spacial score (nSPS) is 22.9. The molecule has 0 bridgehead atoms. The van der Waals surface area contributed by atoms with Crippen LogP contribution in [0.5, 0.6) is 0 Å². The SMILES string of the molecule is CN(C)[C@]1(c2ccccc2)CCN(Cc2cn[nH]c2-c2cccc(F)c2)C[C@H]1O. The van der Waals surface area contributed by atoms with Crippen molar-refractivity contribution in [2.75, 3.05) is 27.2 Å². The van der Waals surface area contributed by atoms with E-state index in [4.69, 9.17) is 0 Å². The second-order valence-electron chi connectivity index (χ2n) is 7.97. The molecule has 5 nitrogen and oxygen atoms in total. The number of aliphatic hydroxyl groups is 1. The minimum Gasteiger partial charge on any atom is -0.389 e. The van der Waals surface area contributed by atoms with Crippen LogP contribution in [0.15, 0.2) is 60.8 Å². The first kappa shape index (κ1) is 19.8. The maximum atomic E-state index is 13.6. The Labute approximate surface area is 170 Å². The van der Waals surface area contributed by atoms with Crippen molar-refractivity contribution in [3.05, 3.63) is 77.7 Å². The third kappa shape index (κ3) is 3.71. The molecule has 2 aromatic carbocycles. The van der Waals surface area contributed by atoms with E-state index in [0.29, 0.717) is 13.1 Å². The van der Waals surface area contributed by atoms with E-state index in [-0.39, 0.29) is 5.82 Å². The first-order chi connectivity index (χ1) is 14.0. The van der Waals surface area contributed by atoms with Gasteiger partial charge < -0.3 is 5.11 Å². The highest BCUT2D eigenvalue weighted by Gasteiger charge is 2.45. The summed E-state index contributed by atoms with van der Waals surface area (Å²) in [5, 5.41) is 18.4. The van der Waals surface area contributed by atoms with E-state index in [0.717, 1.165) is 35.3 Å². The zero-order valence-corrected chi connectivity index (χ0v) is 16.8. The molecule has 0 unspecified atom stereocenters. The Morgan fingerprint density at radius 3 is 2.69 bits per heavy atom. The molecule has 0 aliphatic carbocycles. The van der Waals surface area contributed by atoms with Crippen LogP contribution in [-0.4, -0.2) is 58.4 Å². The molecule has 0 radical (unpaired) electrons. The lowest BCUT2D eigenvalue weighted by Crippen LogP contribution is -2.59. The Morgan fingerprint density at radius 2 is 2.00 bits per heavy atom. The van der Waals surface area contributed by atoms with Gasteiger partial charge in [0.25, 0.3) is 0 Å². The minimum atomic E-state index is -0.529.